The summed E-state index contributed by atoms with van der Waals surface area (Å²) in [5, 5.41) is 23.9. The molecule has 4 aromatic carbocycles. The van der Waals surface area contributed by atoms with Crippen molar-refractivity contribution in [2.75, 3.05) is 0 Å². The van der Waals surface area contributed by atoms with Crippen molar-refractivity contribution in [2.24, 2.45) is 0 Å². The van der Waals surface area contributed by atoms with Gasteiger partial charge in [0.15, 0.2) is 17.3 Å². The molecular weight excluding hydrogens is 243 g/mol. The van der Waals surface area contributed by atoms with E-state index in [9.17, 15) is 14.6 Å². The van der Waals surface area contributed by atoms with E-state index in [1.54, 1.807) is 12.1 Å². The molecule has 92 valence electrons. The minimum Gasteiger partial charge on any atom is -0.504 e. The lowest BCUT2D eigenvalue weighted by Crippen LogP contribution is -1.88. The summed E-state index contributed by atoms with van der Waals surface area (Å²) in [5.41, 5.74) is 0. The van der Waals surface area contributed by atoms with E-state index in [1.165, 1.54) is 0 Å². The molecule has 0 radical (unpaired) electrons. The molecule has 0 unspecified atom stereocenters. The van der Waals surface area contributed by atoms with E-state index in [4.69, 9.17) is 0 Å². The number of hydrogen-bond donors (Lipinski definition) is 2. The van der Waals surface area contributed by atoms with Crippen LogP contribution in [0.1, 0.15) is 0 Å². The van der Waals surface area contributed by atoms with Gasteiger partial charge in [0.25, 0.3) is 0 Å². The van der Waals surface area contributed by atoms with Crippen molar-refractivity contribution in [1.29, 1.82) is 0 Å². The number of phenolic OH excluding ortho intramolecular Hbond substituents is 2. The Morgan fingerprint density at radius 2 is 1.32 bits per heavy atom. The van der Waals surface area contributed by atoms with E-state index >= 15 is 0 Å². The second-order valence-electron chi connectivity index (χ2n) is 4.69. The SMILES string of the molecule is Oc1c(O)c2ccc3cccc4ccc(c1F)c2c34. The van der Waals surface area contributed by atoms with Crippen LogP contribution in [0.25, 0.3) is 32.3 Å². The molecule has 0 spiro atoms. The molecule has 0 fully saturated rings. The number of benzene rings is 4. The summed E-state index contributed by atoms with van der Waals surface area (Å²) in [6.45, 7) is 0. The summed E-state index contributed by atoms with van der Waals surface area (Å²) in [7, 11) is 0. The maximum atomic E-state index is 14.1. The van der Waals surface area contributed by atoms with Gasteiger partial charge in [-0.3, -0.25) is 0 Å². The summed E-state index contributed by atoms with van der Waals surface area (Å²) in [4.78, 5) is 0. The first-order valence-corrected chi connectivity index (χ1v) is 5.95. The highest BCUT2D eigenvalue weighted by molar-refractivity contribution is 6.24. The van der Waals surface area contributed by atoms with E-state index in [1.807, 2.05) is 30.3 Å². The molecule has 0 saturated heterocycles. The fourth-order valence-corrected chi connectivity index (χ4v) is 2.82. The maximum absolute atomic E-state index is 14.1. The van der Waals surface area contributed by atoms with Crippen LogP contribution in [0.2, 0.25) is 0 Å². The van der Waals surface area contributed by atoms with Crippen LogP contribution in [-0.2, 0) is 0 Å². The van der Waals surface area contributed by atoms with Crippen LogP contribution in [0.5, 0.6) is 11.5 Å². The lowest BCUT2D eigenvalue weighted by molar-refractivity contribution is 0.385. The van der Waals surface area contributed by atoms with E-state index in [0.29, 0.717) is 16.2 Å². The molecule has 4 aromatic rings. The summed E-state index contributed by atoms with van der Waals surface area (Å²) in [6, 6.07) is 12.9. The predicted molar refractivity (Wildman–Crippen MR) is 73.4 cm³/mol. The zero-order chi connectivity index (χ0) is 13.1. The molecule has 0 amide bonds. The highest BCUT2D eigenvalue weighted by Crippen LogP contribution is 2.44. The van der Waals surface area contributed by atoms with Crippen LogP contribution in [0.4, 0.5) is 4.39 Å². The van der Waals surface area contributed by atoms with Gasteiger partial charge >= 0.3 is 0 Å². The lowest BCUT2D eigenvalue weighted by Gasteiger charge is -2.13. The Balaban J connectivity index is 2.47. The molecule has 4 rings (SSSR count). The molecule has 2 nitrogen and oxygen atoms in total. The lowest BCUT2D eigenvalue weighted by atomic mass is 9.93. The largest absolute Gasteiger partial charge is 0.504 e. The average molecular weight is 252 g/mol. The zero-order valence-corrected chi connectivity index (χ0v) is 9.81. The fourth-order valence-electron chi connectivity index (χ4n) is 2.82. The molecule has 19 heavy (non-hydrogen) atoms. The smallest absolute Gasteiger partial charge is 0.195 e. The first-order valence-electron chi connectivity index (χ1n) is 5.95. The third-order valence-electron chi connectivity index (χ3n) is 3.70. The first kappa shape index (κ1) is 10.4. The topological polar surface area (TPSA) is 40.5 Å². The first-order chi connectivity index (χ1) is 9.18. The van der Waals surface area contributed by atoms with Crippen molar-refractivity contribution in [2.45, 2.75) is 0 Å². The molecule has 2 N–H and O–H groups in total. The van der Waals surface area contributed by atoms with Crippen LogP contribution in [0, 0.1) is 5.82 Å². The summed E-state index contributed by atoms with van der Waals surface area (Å²) < 4.78 is 14.1. The Labute approximate surface area is 107 Å². The number of aromatic hydroxyl groups is 2. The second kappa shape index (κ2) is 3.26. The average Bonchev–Trinajstić information content (AvgIpc) is 2.45. The standard InChI is InChI=1S/C16H9FO2/c17-14-10-6-4-8-2-1-3-9-5-7-11(13(10)12(8)9)15(18)16(14)19/h1-7,18-19H. The van der Waals surface area contributed by atoms with Crippen molar-refractivity contribution in [3.8, 4) is 11.5 Å². The van der Waals surface area contributed by atoms with Gasteiger partial charge in [0.1, 0.15) is 0 Å². The number of hydrogen-bond acceptors (Lipinski definition) is 2. The van der Waals surface area contributed by atoms with Crippen molar-refractivity contribution in [3.63, 3.8) is 0 Å². The van der Waals surface area contributed by atoms with Gasteiger partial charge in [-0.05, 0) is 22.2 Å². The van der Waals surface area contributed by atoms with Crippen LogP contribution in [-0.4, -0.2) is 10.2 Å². The van der Waals surface area contributed by atoms with Crippen LogP contribution < -0.4 is 0 Å². The molecule has 0 aliphatic rings. The van der Waals surface area contributed by atoms with Gasteiger partial charge in [0.05, 0.1) is 0 Å². The van der Waals surface area contributed by atoms with Gasteiger partial charge in [0, 0.05) is 16.2 Å². The minimum absolute atomic E-state index is 0.328. The third kappa shape index (κ3) is 1.14. The van der Waals surface area contributed by atoms with E-state index in [-0.39, 0.29) is 0 Å². The van der Waals surface area contributed by atoms with Gasteiger partial charge in [-0.2, -0.15) is 0 Å². The molecule has 0 aromatic heterocycles. The Bertz CT molecular complexity index is 874. The minimum atomic E-state index is -0.775. The van der Waals surface area contributed by atoms with Gasteiger partial charge in [0.2, 0.25) is 0 Å². The number of rotatable bonds is 0. The van der Waals surface area contributed by atoms with Crippen molar-refractivity contribution >= 4 is 32.3 Å². The summed E-state index contributed by atoms with van der Waals surface area (Å²) >= 11 is 0. The molecule has 3 heteroatoms. The second-order valence-corrected chi connectivity index (χ2v) is 4.69. The Hall–Kier alpha value is -2.55. The highest BCUT2D eigenvalue weighted by Gasteiger charge is 2.18. The molecule has 0 aliphatic heterocycles. The third-order valence-corrected chi connectivity index (χ3v) is 3.70. The Kier molecular flexibility index (Phi) is 1.78. The van der Waals surface area contributed by atoms with E-state index in [0.717, 1.165) is 16.2 Å². The van der Waals surface area contributed by atoms with Crippen LogP contribution >= 0.6 is 0 Å². The normalized spacial score (nSPS) is 11.8. The molecule has 0 aliphatic carbocycles. The predicted octanol–water partition coefficient (Wildman–Crippen LogP) is 4.13. The maximum Gasteiger partial charge on any atom is 0.195 e. The molecule has 0 saturated carbocycles. The highest BCUT2D eigenvalue weighted by atomic mass is 19.1. The number of halogens is 1. The van der Waals surface area contributed by atoms with Crippen molar-refractivity contribution in [1.82, 2.24) is 0 Å². The summed E-state index contributed by atoms with van der Waals surface area (Å²) in [5.74, 6) is -1.86. The van der Waals surface area contributed by atoms with Crippen molar-refractivity contribution < 1.29 is 14.6 Å². The molecule has 0 atom stereocenters. The van der Waals surface area contributed by atoms with Crippen LogP contribution in [0.3, 0.4) is 0 Å². The van der Waals surface area contributed by atoms with E-state index in [2.05, 4.69) is 0 Å². The van der Waals surface area contributed by atoms with Gasteiger partial charge in [-0.15, -0.1) is 0 Å². The van der Waals surface area contributed by atoms with Crippen molar-refractivity contribution in [3.05, 3.63) is 48.3 Å². The Morgan fingerprint density at radius 3 is 2.00 bits per heavy atom. The zero-order valence-electron chi connectivity index (χ0n) is 9.81. The summed E-state index contributed by atoms with van der Waals surface area (Å²) in [6.07, 6.45) is 0. The quantitative estimate of drug-likeness (QED) is 0.365. The van der Waals surface area contributed by atoms with E-state index < -0.39 is 17.3 Å². The van der Waals surface area contributed by atoms with Gasteiger partial charge in [-0.1, -0.05) is 36.4 Å². The number of phenols is 2. The van der Waals surface area contributed by atoms with Gasteiger partial charge in [-0.25, -0.2) is 4.39 Å². The molecular formula is C16H9FO2. The molecule has 0 heterocycles. The van der Waals surface area contributed by atoms with Crippen LogP contribution in [0.15, 0.2) is 42.5 Å². The Morgan fingerprint density at radius 1 is 0.684 bits per heavy atom. The van der Waals surface area contributed by atoms with Gasteiger partial charge < -0.3 is 10.2 Å². The fraction of sp³-hybridized carbons (Fsp3) is 0. The monoisotopic (exact) mass is 252 g/mol. The molecule has 0 bridgehead atoms.